The molecule has 0 aliphatic rings. The number of non-ortho nitro benzene ring substituents is 1. The first-order valence-electron chi connectivity index (χ1n) is 8.66. The van der Waals surface area contributed by atoms with E-state index < -0.39 is 34.2 Å². The van der Waals surface area contributed by atoms with Gasteiger partial charge in [-0.1, -0.05) is 0 Å². The monoisotopic (exact) mass is 426 g/mol. The van der Waals surface area contributed by atoms with Gasteiger partial charge in [-0.25, -0.2) is 4.79 Å². The lowest BCUT2D eigenvalue weighted by atomic mass is 10.1. The van der Waals surface area contributed by atoms with Crippen LogP contribution < -0.4 is 10.1 Å². The van der Waals surface area contributed by atoms with E-state index in [1.165, 1.54) is 0 Å². The van der Waals surface area contributed by atoms with Gasteiger partial charge in [-0.3, -0.25) is 14.9 Å². The number of nitro benzene ring substituents is 1. The van der Waals surface area contributed by atoms with Gasteiger partial charge in [0.05, 0.1) is 29.2 Å². The second kappa shape index (κ2) is 9.72. The molecule has 0 aliphatic carbocycles. The van der Waals surface area contributed by atoms with Crippen LogP contribution in [0.5, 0.6) is 5.75 Å². The number of nitrogens with one attached hydrogen (secondary N) is 1. The van der Waals surface area contributed by atoms with E-state index >= 15 is 0 Å². The smallest absolute Gasteiger partial charge is 0.416 e. The van der Waals surface area contributed by atoms with Crippen molar-refractivity contribution in [2.75, 3.05) is 19.8 Å². The van der Waals surface area contributed by atoms with Gasteiger partial charge in [0.2, 0.25) is 0 Å². The maximum absolute atomic E-state index is 12.5. The summed E-state index contributed by atoms with van der Waals surface area (Å²) < 4.78 is 47.6. The van der Waals surface area contributed by atoms with E-state index in [9.17, 15) is 32.9 Å². The van der Waals surface area contributed by atoms with E-state index in [0.717, 1.165) is 42.5 Å². The van der Waals surface area contributed by atoms with Crippen molar-refractivity contribution >= 4 is 17.6 Å². The molecule has 1 amide bonds. The fourth-order valence-corrected chi connectivity index (χ4v) is 2.36. The Bertz CT molecular complexity index is 929. The Labute approximate surface area is 168 Å². The molecule has 0 radical (unpaired) electrons. The number of rotatable bonds is 8. The average Bonchev–Trinajstić information content (AvgIpc) is 2.70. The quantitative estimate of drug-likeness (QED) is 0.299. The molecule has 0 aliphatic heterocycles. The molecule has 0 unspecified atom stereocenters. The molecule has 0 saturated heterocycles. The number of hydrogen-bond acceptors (Lipinski definition) is 6. The van der Waals surface area contributed by atoms with Gasteiger partial charge in [0.15, 0.2) is 0 Å². The zero-order chi connectivity index (χ0) is 22.3. The zero-order valence-corrected chi connectivity index (χ0v) is 15.7. The van der Waals surface area contributed by atoms with Crippen molar-refractivity contribution in [2.24, 2.45) is 0 Å². The summed E-state index contributed by atoms with van der Waals surface area (Å²) in [4.78, 5) is 34.4. The number of amides is 1. The Morgan fingerprint density at radius 2 is 1.73 bits per heavy atom. The molecule has 2 aromatic rings. The van der Waals surface area contributed by atoms with Crippen LogP contribution in [0.4, 0.5) is 18.9 Å². The van der Waals surface area contributed by atoms with Gasteiger partial charge in [-0.05, 0) is 37.3 Å². The first kappa shape index (κ1) is 22.7. The van der Waals surface area contributed by atoms with Crippen molar-refractivity contribution in [3.05, 3.63) is 69.3 Å². The summed E-state index contributed by atoms with van der Waals surface area (Å²) >= 11 is 0. The van der Waals surface area contributed by atoms with Gasteiger partial charge in [-0.15, -0.1) is 0 Å². The molecule has 0 fully saturated rings. The van der Waals surface area contributed by atoms with Gasteiger partial charge in [0.1, 0.15) is 12.4 Å². The first-order chi connectivity index (χ1) is 14.1. The van der Waals surface area contributed by atoms with Crippen molar-refractivity contribution in [1.29, 1.82) is 0 Å². The second-order valence-corrected chi connectivity index (χ2v) is 5.87. The second-order valence-electron chi connectivity index (χ2n) is 5.87. The normalized spacial score (nSPS) is 10.9. The molecule has 0 bridgehead atoms. The van der Waals surface area contributed by atoms with Crippen molar-refractivity contribution in [3.63, 3.8) is 0 Å². The number of benzene rings is 2. The minimum atomic E-state index is -4.45. The van der Waals surface area contributed by atoms with Gasteiger partial charge in [0.25, 0.3) is 11.6 Å². The SMILES string of the molecule is CCOC(=O)c1cc(C(=O)NCCOc2ccc(C(F)(F)F)cc2)cc([N+](=O)[O-])c1. The number of nitro groups is 1. The van der Waals surface area contributed by atoms with Crippen molar-refractivity contribution in [3.8, 4) is 5.75 Å². The lowest BCUT2D eigenvalue weighted by Gasteiger charge is -2.10. The highest BCUT2D eigenvalue weighted by atomic mass is 19.4. The summed E-state index contributed by atoms with van der Waals surface area (Å²) in [6.07, 6.45) is -4.45. The predicted molar refractivity (Wildman–Crippen MR) is 98.3 cm³/mol. The van der Waals surface area contributed by atoms with E-state index in [1.54, 1.807) is 6.92 Å². The highest BCUT2D eigenvalue weighted by molar-refractivity contribution is 5.99. The number of esters is 1. The van der Waals surface area contributed by atoms with Gasteiger partial charge in [-0.2, -0.15) is 13.2 Å². The Hall–Kier alpha value is -3.63. The molecule has 8 nitrogen and oxygen atoms in total. The summed E-state index contributed by atoms with van der Waals surface area (Å²) in [5.74, 6) is -1.32. The van der Waals surface area contributed by atoms with E-state index in [4.69, 9.17) is 9.47 Å². The lowest BCUT2D eigenvalue weighted by Crippen LogP contribution is -2.28. The summed E-state index contributed by atoms with van der Waals surface area (Å²) in [6.45, 7) is 1.54. The van der Waals surface area contributed by atoms with Crippen LogP contribution >= 0.6 is 0 Å². The van der Waals surface area contributed by atoms with Crippen LogP contribution in [0, 0.1) is 10.1 Å². The Kier molecular flexibility index (Phi) is 7.34. The lowest BCUT2D eigenvalue weighted by molar-refractivity contribution is -0.384. The molecule has 2 rings (SSSR count). The third kappa shape index (κ3) is 6.19. The highest BCUT2D eigenvalue weighted by Gasteiger charge is 2.30. The topological polar surface area (TPSA) is 108 Å². The molecule has 0 atom stereocenters. The van der Waals surface area contributed by atoms with Crippen LogP contribution in [0.2, 0.25) is 0 Å². The Balaban J connectivity index is 1.97. The van der Waals surface area contributed by atoms with E-state index in [1.807, 2.05) is 0 Å². The number of ether oxygens (including phenoxy) is 2. The number of hydrogen-bond donors (Lipinski definition) is 1. The van der Waals surface area contributed by atoms with Crippen LogP contribution in [-0.2, 0) is 10.9 Å². The molecule has 30 heavy (non-hydrogen) atoms. The Morgan fingerprint density at radius 1 is 1.10 bits per heavy atom. The van der Waals surface area contributed by atoms with Crippen molar-refractivity contribution in [2.45, 2.75) is 13.1 Å². The van der Waals surface area contributed by atoms with Gasteiger partial charge < -0.3 is 14.8 Å². The summed E-state index contributed by atoms with van der Waals surface area (Å²) in [5, 5.41) is 13.5. The number of nitrogens with zero attached hydrogens (tertiary/aromatic N) is 1. The molecule has 11 heteroatoms. The van der Waals surface area contributed by atoms with Crippen molar-refractivity contribution in [1.82, 2.24) is 5.32 Å². The van der Waals surface area contributed by atoms with Crippen LogP contribution in [0.25, 0.3) is 0 Å². The minimum absolute atomic E-state index is 0.0305. The largest absolute Gasteiger partial charge is 0.492 e. The molecular formula is C19H17F3N2O6. The Morgan fingerprint density at radius 3 is 2.30 bits per heavy atom. The fourth-order valence-electron chi connectivity index (χ4n) is 2.36. The summed E-state index contributed by atoms with van der Waals surface area (Å²) in [7, 11) is 0. The number of halogens is 3. The van der Waals surface area contributed by atoms with Crippen molar-refractivity contribution < 1.29 is 37.2 Å². The molecule has 2 aromatic carbocycles. The third-order valence-corrected chi connectivity index (χ3v) is 3.74. The number of alkyl halides is 3. The van der Waals surface area contributed by atoms with E-state index in [0.29, 0.717) is 0 Å². The first-order valence-corrected chi connectivity index (χ1v) is 8.66. The van der Waals surface area contributed by atoms with Crippen LogP contribution in [-0.4, -0.2) is 36.6 Å². The third-order valence-electron chi connectivity index (χ3n) is 3.74. The molecule has 0 saturated carbocycles. The minimum Gasteiger partial charge on any atom is -0.492 e. The van der Waals surface area contributed by atoms with E-state index in [-0.39, 0.29) is 36.6 Å². The average molecular weight is 426 g/mol. The van der Waals surface area contributed by atoms with Crippen LogP contribution in [0.1, 0.15) is 33.2 Å². The molecule has 160 valence electrons. The summed E-state index contributed by atoms with van der Waals surface area (Å²) in [5.41, 5.74) is -1.53. The number of carbonyl (C=O) groups excluding carboxylic acids is 2. The number of carbonyl (C=O) groups is 2. The molecule has 0 heterocycles. The predicted octanol–water partition coefficient (Wildman–Crippen LogP) is 3.60. The highest BCUT2D eigenvalue weighted by Crippen LogP contribution is 2.30. The summed E-state index contributed by atoms with van der Waals surface area (Å²) in [6, 6.07) is 7.21. The fraction of sp³-hybridized carbons (Fsp3) is 0.263. The molecule has 1 N–H and O–H groups in total. The molecular weight excluding hydrogens is 409 g/mol. The standard InChI is InChI=1S/C19H17F3N2O6/c1-2-29-18(26)13-9-12(10-15(11-13)24(27)28)17(25)23-7-8-30-16-5-3-14(4-6-16)19(20,21)22/h3-6,9-11H,2,7-8H2,1H3,(H,23,25). The zero-order valence-electron chi connectivity index (χ0n) is 15.7. The van der Waals surface area contributed by atoms with Crippen LogP contribution in [0.3, 0.4) is 0 Å². The molecule has 0 aromatic heterocycles. The van der Waals surface area contributed by atoms with Gasteiger partial charge >= 0.3 is 12.1 Å². The van der Waals surface area contributed by atoms with E-state index in [2.05, 4.69) is 5.32 Å². The van der Waals surface area contributed by atoms with Gasteiger partial charge in [0, 0.05) is 17.7 Å². The maximum atomic E-state index is 12.5. The maximum Gasteiger partial charge on any atom is 0.416 e. The molecule has 0 spiro atoms. The van der Waals surface area contributed by atoms with Crippen LogP contribution in [0.15, 0.2) is 42.5 Å².